The summed E-state index contributed by atoms with van der Waals surface area (Å²) < 4.78 is 32.1. The molecule has 1 aliphatic heterocycles. The molecule has 13 heteroatoms. The molecule has 0 bridgehead atoms. The highest BCUT2D eigenvalue weighted by Gasteiger charge is 2.36. The summed E-state index contributed by atoms with van der Waals surface area (Å²) in [4.78, 5) is 33.0. The summed E-state index contributed by atoms with van der Waals surface area (Å²) in [5.41, 5.74) is 3.28. The van der Waals surface area contributed by atoms with Crippen molar-refractivity contribution >= 4 is 68.6 Å². The van der Waals surface area contributed by atoms with E-state index in [1.165, 1.54) is 23.0 Å². The second kappa shape index (κ2) is 16.1. The number of thiazole rings is 1. The van der Waals surface area contributed by atoms with Gasteiger partial charge in [0.1, 0.15) is 25.0 Å². The highest BCUT2D eigenvalue weighted by atomic mass is 127. The first-order valence-electron chi connectivity index (χ1n) is 14.8. The van der Waals surface area contributed by atoms with E-state index >= 15 is 0 Å². The molecule has 2 heterocycles. The van der Waals surface area contributed by atoms with Gasteiger partial charge in [-0.2, -0.15) is 5.26 Å². The zero-order valence-electron chi connectivity index (χ0n) is 26.5. The van der Waals surface area contributed by atoms with Crippen LogP contribution in [0.15, 0.2) is 75.7 Å². The maximum atomic E-state index is 14.3. The van der Waals surface area contributed by atoms with Gasteiger partial charge < -0.3 is 23.7 Å². The highest BCUT2D eigenvalue weighted by Crippen LogP contribution is 2.41. The first-order valence-corrected chi connectivity index (χ1v) is 17.8. The number of esters is 1. The van der Waals surface area contributed by atoms with Crippen LogP contribution in [0.5, 0.6) is 17.2 Å². The van der Waals surface area contributed by atoms with Crippen LogP contribution in [0.25, 0.3) is 6.08 Å². The molecule has 248 valence electrons. The second-order valence-electron chi connectivity index (χ2n) is 10.4. The Kier molecular flexibility index (Phi) is 11.9. The van der Waals surface area contributed by atoms with E-state index in [1.807, 2.05) is 43.3 Å². The van der Waals surface area contributed by atoms with Gasteiger partial charge in [-0.25, -0.2) is 9.79 Å². The average Bonchev–Trinajstić information content (AvgIpc) is 3.37. The van der Waals surface area contributed by atoms with Crippen LogP contribution in [0.4, 0.5) is 0 Å². The molecule has 0 N–H and O–H groups in total. The number of para-hydroxylation sites is 1. The molecule has 0 radical (unpaired) electrons. The fourth-order valence-corrected chi connectivity index (χ4v) is 8.34. The monoisotopic (exact) mass is 891 g/mol. The van der Waals surface area contributed by atoms with Gasteiger partial charge in [0.2, 0.25) is 0 Å². The minimum absolute atomic E-state index is 0.0458. The Balaban J connectivity index is 1.58. The van der Waals surface area contributed by atoms with Crippen LogP contribution in [0.3, 0.4) is 0 Å². The SMILES string of the molecule is CCOc1c(OC)cccc1[C@H]1C(C(=O)OCCOC)=C(C)N=c2s/c(=C/c3cc(I)c(OCc4ccc(C#N)cc4)c(I)c3)c(=O)n21. The summed E-state index contributed by atoms with van der Waals surface area (Å²) in [7, 11) is 3.07. The van der Waals surface area contributed by atoms with Crippen molar-refractivity contribution in [3.05, 3.63) is 115 Å². The van der Waals surface area contributed by atoms with Crippen molar-refractivity contribution in [3.8, 4) is 23.3 Å². The lowest BCUT2D eigenvalue weighted by atomic mass is 9.94. The summed E-state index contributed by atoms with van der Waals surface area (Å²) in [6.07, 6.45) is 1.82. The van der Waals surface area contributed by atoms with Gasteiger partial charge in [-0.3, -0.25) is 9.36 Å². The van der Waals surface area contributed by atoms with Gasteiger partial charge >= 0.3 is 5.97 Å². The molecule has 0 fully saturated rings. The molecule has 3 aromatic carbocycles. The lowest BCUT2D eigenvalue weighted by Gasteiger charge is -2.27. The molecule has 1 aromatic heterocycles. The Morgan fingerprint density at radius 1 is 1.06 bits per heavy atom. The third kappa shape index (κ3) is 7.61. The number of halogens is 2. The molecule has 4 aromatic rings. The standard InChI is InChI=1S/C35H31I2N3O7S/c1-5-45-31-24(7-6-8-27(31)44-4)30-29(34(42)46-14-13-43-3)20(2)39-35-40(30)33(41)28(48-35)17-23-15-25(36)32(26(37)16-23)47-19-22-11-9-21(18-38)10-12-22/h6-12,15-17,30H,5,13-14,19H2,1-4H3/b28-17+/t30-/m0/s1. The molecule has 0 aliphatic carbocycles. The predicted octanol–water partition coefficient (Wildman–Crippen LogP) is 5.49. The summed E-state index contributed by atoms with van der Waals surface area (Å²) in [6, 6.07) is 17.8. The number of hydrogen-bond acceptors (Lipinski definition) is 10. The lowest BCUT2D eigenvalue weighted by Crippen LogP contribution is -2.40. The summed E-state index contributed by atoms with van der Waals surface area (Å²) in [5.74, 6) is 1.04. The van der Waals surface area contributed by atoms with Gasteiger partial charge in [-0.15, -0.1) is 0 Å². The van der Waals surface area contributed by atoms with E-state index in [0.717, 1.165) is 24.0 Å². The first-order chi connectivity index (χ1) is 23.2. The van der Waals surface area contributed by atoms with Crippen LogP contribution in [-0.2, 0) is 20.9 Å². The van der Waals surface area contributed by atoms with Crippen molar-refractivity contribution in [1.82, 2.24) is 4.57 Å². The fourth-order valence-electron chi connectivity index (χ4n) is 5.16. The van der Waals surface area contributed by atoms with Gasteiger partial charge in [0.25, 0.3) is 5.56 Å². The van der Waals surface area contributed by atoms with Crippen molar-refractivity contribution in [3.63, 3.8) is 0 Å². The van der Waals surface area contributed by atoms with Crippen molar-refractivity contribution in [2.24, 2.45) is 4.99 Å². The molecule has 0 unspecified atom stereocenters. The number of hydrogen-bond donors (Lipinski definition) is 0. The zero-order chi connectivity index (χ0) is 34.4. The number of carbonyl (C=O) groups excluding carboxylic acids is 1. The van der Waals surface area contributed by atoms with Crippen LogP contribution in [0, 0.1) is 18.5 Å². The number of allylic oxidation sites excluding steroid dienone is 1. The maximum Gasteiger partial charge on any atom is 0.338 e. The average molecular weight is 892 g/mol. The van der Waals surface area contributed by atoms with Crippen LogP contribution >= 0.6 is 56.5 Å². The van der Waals surface area contributed by atoms with E-state index in [1.54, 1.807) is 38.3 Å². The summed E-state index contributed by atoms with van der Waals surface area (Å²) in [5, 5.41) is 9.06. The van der Waals surface area contributed by atoms with Gasteiger partial charge in [0.15, 0.2) is 16.3 Å². The molecule has 48 heavy (non-hydrogen) atoms. The molecule has 5 rings (SSSR count). The topological polar surface area (TPSA) is 121 Å². The van der Waals surface area contributed by atoms with E-state index in [0.29, 0.717) is 50.9 Å². The lowest BCUT2D eigenvalue weighted by molar-refractivity contribution is -0.140. The normalized spacial score (nSPS) is 14.2. The van der Waals surface area contributed by atoms with Crippen molar-refractivity contribution < 1.29 is 28.5 Å². The van der Waals surface area contributed by atoms with Gasteiger partial charge in [-0.1, -0.05) is 35.6 Å². The number of carbonyl (C=O) groups is 1. The van der Waals surface area contributed by atoms with Gasteiger partial charge in [0, 0.05) is 12.7 Å². The van der Waals surface area contributed by atoms with Crippen molar-refractivity contribution in [2.45, 2.75) is 26.5 Å². The van der Waals surface area contributed by atoms with E-state index in [4.69, 9.17) is 33.9 Å². The molecule has 0 spiro atoms. The number of fused-ring (bicyclic) bond motifs is 1. The summed E-state index contributed by atoms with van der Waals surface area (Å²) in [6.45, 7) is 4.55. The second-order valence-corrected chi connectivity index (χ2v) is 13.8. The Morgan fingerprint density at radius 3 is 2.44 bits per heavy atom. The Hall–Kier alpha value is -3.72. The van der Waals surface area contributed by atoms with Gasteiger partial charge in [-0.05, 0) is 107 Å². The molecule has 0 amide bonds. The quantitative estimate of drug-likeness (QED) is 0.104. The number of benzene rings is 3. The molecule has 1 atom stereocenters. The molecular weight excluding hydrogens is 860 g/mol. The van der Waals surface area contributed by atoms with Crippen molar-refractivity contribution in [2.75, 3.05) is 34.0 Å². The van der Waals surface area contributed by atoms with E-state index < -0.39 is 12.0 Å². The minimum Gasteiger partial charge on any atom is -0.493 e. The van der Waals surface area contributed by atoms with Crippen LogP contribution in [-0.4, -0.2) is 44.6 Å². The molecule has 0 saturated heterocycles. The van der Waals surface area contributed by atoms with Gasteiger partial charge in [0.05, 0.1) is 54.9 Å². The highest BCUT2D eigenvalue weighted by molar-refractivity contribution is 14.1. The Morgan fingerprint density at radius 2 is 1.79 bits per heavy atom. The first kappa shape index (κ1) is 35.6. The van der Waals surface area contributed by atoms with Crippen LogP contribution in [0.2, 0.25) is 0 Å². The van der Waals surface area contributed by atoms with Crippen LogP contribution in [0.1, 0.15) is 42.1 Å². The third-order valence-electron chi connectivity index (χ3n) is 7.36. The predicted molar refractivity (Wildman–Crippen MR) is 198 cm³/mol. The smallest absolute Gasteiger partial charge is 0.338 e. The number of rotatable bonds is 12. The number of nitrogens with zero attached hydrogens (tertiary/aromatic N) is 3. The summed E-state index contributed by atoms with van der Waals surface area (Å²) >= 11 is 5.69. The Labute approximate surface area is 308 Å². The molecule has 1 aliphatic rings. The minimum atomic E-state index is -0.881. The fraction of sp³-hybridized carbons (Fsp3) is 0.257. The molecule has 10 nitrogen and oxygen atoms in total. The third-order valence-corrected chi connectivity index (χ3v) is 9.94. The largest absolute Gasteiger partial charge is 0.493 e. The maximum absolute atomic E-state index is 14.3. The number of nitriles is 1. The molecule has 0 saturated carbocycles. The van der Waals surface area contributed by atoms with E-state index in [9.17, 15) is 9.59 Å². The van der Waals surface area contributed by atoms with E-state index in [2.05, 4.69) is 51.3 Å². The number of aromatic nitrogens is 1. The Bertz CT molecular complexity index is 2080. The number of methoxy groups -OCH3 is 2. The van der Waals surface area contributed by atoms with Crippen LogP contribution < -0.4 is 29.1 Å². The van der Waals surface area contributed by atoms with E-state index in [-0.39, 0.29) is 24.3 Å². The van der Waals surface area contributed by atoms with Crippen molar-refractivity contribution in [1.29, 1.82) is 5.26 Å². The molecular formula is C35H31I2N3O7S. The zero-order valence-corrected chi connectivity index (χ0v) is 31.7. The number of ether oxygens (including phenoxy) is 5.